The first-order valence-corrected chi connectivity index (χ1v) is 8.89. The molecule has 0 heterocycles. The molecular formula is C23H30F3N. The molecule has 0 saturated carbocycles. The lowest BCUT2D eigenvalue weighted by Gasteiger charge is -2.30. The van der Waals surface area contributed by atoms with Crippen LogP contribution in [0.1, 0.15) is 51.3 Å². The predicted octanol–water partition coefficient (Wildman–Crippen LogP) is 6.91. The maximum Gasteiger partial charge on any atom is 0.418 e. The molecule has 0 unspecified atom stereocenters. The highest BCUT2D eigenvalue weighted by atomic mass is 19.4. The van der Waals surface area contributed by atoms with E-state index < -0.39 is 11.7 Å². The Hall–Kier alpha value is -2.23. The minimum absolute atomic E-state index is 0.137. The Balaban J connectivity index is 3.21. The van der Waals surface area contributed by atoms with Crippen LogP contribution in [0.3, 0.4) is 0 Å². The smallest absolute Gasteiger partial charge is 0.381 e. The van der Waals surface area contributed by atoms with E-state index in [4.69, 9.17) is 0 Å². The lowest BCUT2D eigenvalue weighted by Crippen LogP contribution is -2.26. The fourth-order valence-electron chi connectivity index (χ4n) is 2.66. The van der Waals surface area contributed by atoms with Gasteiger partial charge in [0.1, 0.15) is 0 Å². The summed E-state index contributed by atoms with van der Waals surface area (Å²) in [4.78, 5) is 0. The van der Waals surface area contributed by atoms with Gasteiger partial charge in [0, 0.05) is 17.7 Å². The molecule has 0 spiro atoms. The van der Waals surface area contributed by atoms with Gasteiger partial charge in [-0.15, -0.1) is 0 Å². The SMILES string of the molecule is C=C(NCc1c(C)cccc1C(C)(C)C(=C)C)/C(=C\C=C(C)C)C(F)(F)F. The first kappa shape index (κ1) is 22.8. The zero-order valence-corrected chi connectivity index (χ0v) is 17.1. The Morgan fingerprint density at radius 1 is 1.07 bits per heavy atom. The third-order valence-corrected chi connectivity index (χ3v) is 4.84. The van der Waals surface area contributed by atoms with Crippen molar-refractivity contribution in [3.05, 3.63) is 82.6 Å². The molecule has 0 amide bonds. The van der Waals surface area contributed by atoms with Crippen molar-refractivity contribution in [2.75, 3.05) is 0 Å². The highest BCUT2D eigenvalue weighted by Gasteiger charge is 2.35. The number of nitrogens with one attached hydrogen (secondary N) is 1. The van der Waals surface area contributed by atoms with Gasteiger partial charge in [0.15, 0.2) is 0 Å². The Morgan fingerprint density at radius 3 is 2.15 bits per heavy atom. The number of halogens is 3. The van der Waals surface area contributed by atoms with E-state index in [1.165, 1.54) is 6.08 Å². The van der Waals surface area contributed by atoms with Crippen LogP contribution >= 0.6 is 0 Å². The van der Waals surface area contributed by atoms with Crippen LogP contribution in [-0.4, -0.2) is 6.18 Å². The summed E-state index contributed by atoms with van der Waals surface area (Å²) >= 11 is 0. The summed E-state index contributed by atoms with van der Waals surface area (Å²) < 4.78 is 40.2. The van der Waals surface area contributed by atoms with Crippen molar-refractivity contribution in [2.24, 2.45) is 0 Å². The van der Waals surface area contributed by atoms with Gasteiger partial charge >= 0.3 is 6.18 Å². The van der Waals surface area contributed by atoms with Crippen LogP contribution in [-0.2, 0) is 12.0 Å². The number of allylic oxidation sites excluding steroid dienone is 5. The van der Waals surface area contributed by atoms with Crippen LogP contribution < -0.4 is 5.32 Å². The molecule has 27 heavy (non-hydrogen) atoms. The molecule has 0 saturated heterocycles. The molecule has 148 valence electrons. The Labute approximate surface area is 161 Å². The third-order valence-electron chi connectivity index (χ3n) is 4.84. The molecule has 4 heteroatoms. The number of alkyl halides is 3. The van der Waals surface area contributed by atoms with Crippen molar-refractivity contribution < 1.29 is 13.2 Å². The molecule has 0 bridgehead atoms. The van der Waals surface area contributed by atoms with Crippen molar-refractivity contribution in [3.63, 3.8) is 0 Å². The molecule has 1 rings (SSSR count). The minimum Gasteiger partial charge on any atom is -0.381 e. The lowest BCUT2D eigenvalue weighted by atomic mass is 9.76. The summed E-state index contributed by atoms with van der Waals surface area (Å²) in [5.74, 6) is 0. The van der Waals surface area contributed by atoms with E-state index in [1.807, 2.05) is 32.0 Å². The molecule has 0 radical (unpaired) electrons. The van der Waals surface area contributed by atoms with Crippen molar-refractivity contribution >= 4 is 0 Å². The largest absolute Gasteiger partial charge is 0.418 e. The standard InChI is InChI=1S/C23H30F3N/c1-15(2)12-13-20(23(24,25)26)18(6)27-14-19-17(5)10-9-11-21(19)22(7,8)16(3)4/h9-13,27H,3,6,14H2,1-2,4-5,7-8H3/b20-13+. The van der Waals surface area contributed by atoms with E-state index in [-0.39, 0.29) is 17.7 Å². The van der Waals surface area contributed by atoms with Crippen molar-refractivity contribution in [3.8, 4) is 0 Å². The first-order chi connectivity index (χ1) is 12.3. The Morgan fingerprint density at radius 2 is 1.67 bits per heavy atom. The second-order valence-electron chi connectivity index (χ2n) is 7.66. The highest BCUT2D eigenvalue weighted by Crippen LogP contribution is 2.34. The number of benzene rings is 1. The zero-order valence-electron chi connectivity index (χ0n) is 17.1. The first-order valence-electron chi connectivity index (χ1n) is 8.89. The fourth-order valence-corrected chi connectivity index (χ4v) is 2.66. The summed E-state index contributed by atoms with van der Waals surface area (Å²) in [7, 11) is 0. The molecule has 0 aliphatic heterocycles. The summed E-state index contributed by atoms with van der Waals surface area (Å²) in [6.07, 6.45) is -1.96. The number of aryl methyl sites for hydroxylation is 1. The van der Waals surface area contributed by atoms with Crippen LogP contribution in [0, 0.1) is 6.92 Å². The average molecular weight is 377 g/mol. The molecule has 1 aromatic rings. The summed E-state index contributed by atoms with van der Waals surface area (Å²) in [5, 5.41) is 2.88. The molecular weight excluding hydrogens is 347 g/mol. The molecule has 0 fully saturated rings. The quantitative estimate of drug-likeness (QED) is 0.402. The van der Waals surface area contributed by atoms with E-state index in [0.29, 0.717) is 0 Å². The highest BCUT2D eigenvalue weighted by molar-refractivity contribution is 5.44. The van der Waals surface area contributed by atoms with Crippen molar-refractivity contribution in [2.45, 2.75) is 59.7 Å². The van der Waals surface area contributed by atoms with Gasteiger partial charge in [-0.3, -0.25) is 0 Å². The van der Waals surface area contributed by atoms with Gasteiger partial charge in [-0.05, 0) is 50.5 Å². The Kier molecular flexibility index (Phi) is 7.30. The van der Waals surface area contributed by atoms with Gasteiger partial charge in [0.25, 0.3) is 0 Å². The van der Waals surface area contributed by atoms with Crippen LogP contribution in [0.2, 0.25) is 0 Å². The minimum atomic E-state index is -4.47. The van der Waals surface area contributed by atoms with Gasteiger partial charge < -0.3 is 5.32 Å². The second kappa shape index (κ2) is 8.64. The third kappa shape index (κ3) is 5.88. The van der Waals surface area contributed by atoms with Gasteiger partial charge in [-0.1, -0.05) is 62.4 Å². The molecule has 1 aromatic carbocycles. The van der Waals surface area contributed by atoms with Crippen LogP contribution in [0.5, 0.6) is 0 Å². The molecule has 0 aromatic heterocycles. The maximum absolute atomic E-state index is 13.4. The summed E-state index contributed by atoms with van der Waals surface area (Å²) in [5.41, 5.74) is 3.63. The van der Waals surface area contributed by atoms with E-state index in [2.05, 4.69) is 32.3 Å². The van der Waals surface area contributed by atoms with Gasteiger partial charge in [0.2, 0.25) is 0 Å². The van der Waals surface area contributed by atoms with Crippen LogP contribution in [0.4, 0.5) is 13.2 Å². The zero-order chi connectivity index (χ0) is 21.0. The monoisotopic (exact) mass is 377 g/mol. The summed E-state index contributed by atoms with van der Waals surface area (Å²) in [6, 6.07) is 5.93. The number of rotatable bonds is 7. The van der Waals surface area contributed by atoms with E-state index in [1.54, 1.807) is 13.8 Å². The lowest BCUT2D eigenvalue weighted by molar-refractivity contribution is -0.0898. The number of hydrogen-bond acceptors (Lipinski definition) is 1. The normalized spacial score (nSPS) is 12.6. The predicted molar refractivity (Wildman–Crippen MR) is 109 cm³/mol. The topological polar surface area (TPSA) is 12.0 Å². The summed E-state index contributed by atoms with van der Waals surface area (Å²) in [6.45, 7) is 19.5. The van der Waals surface area contributed by atoms with Crippen LogP contribution in [0.25, 0.3) is 0 Å². The second-order valence-corrected chi connectivity index (χ2v) is 7.66. The van der Waals surface area contributed by atoms with Crippen LogP contribution in [0.15, 0.2) is 65.9 Å². The van der Waals surface area contributed by atoms with Gasteiger partial charge in [-0.2, -0.15) is 13.2 Å². The van der Waals surface area contributed by atoms with Crippen molar-refractivity contribution in [1.29, 1.82) is 0 Å². The molecule has 1 nitrogen and oxygen atoms in total. The Bertz CT molecular complexity index is 773. The van der Waals surface area contributed by atoms with Crippen molar-refractivity contribution in [1.82, 2.24) is 5.32 Å². The molecule has 1 N–H and O–H groups in total. The van der Waals surface area contributed by atoms with E-state index >= 15 is 0 Å². The molecule has 0 atom stereocenters. The van der Waals surface area contributed by atoms with Gasteiger partial charge in [0.05, 0.1) is 5.57 Å². The van der Waals surface area contributed by atoms with E-state index in [9.17, 15) is 13.2 Å². The number of hydrogen-bond donors (Lipinski definition) is 1. The van der Waals surface area contributed by atoms with E-state index in [0.717, 1.165) is 33.9 Å². The molecule has 0 aliphatic carbocycles. The van der Waals surface area contributed by atoms with Gasteiger partial charge in [-0.25, -0.2) is 0 Å². The fraction of sp³-hybridized carbons (Fsp3) is 0.391. The average Bonchev–Trinajstić information content (AvgIpc) is 2.51. The molecule has 0 aliphatic rings. The maximum atomic E-state index is 13.4.